The summed E-state index contributed by atoms with van der Waals surface area (Å²) >= 11 is 0. The third kappa shape index (κ3) is 2.38. The van der Waals surface area contributed by atoms with Crippen LogP contribution in [-0.2, 0) is 0 Å². The van der Waals surface area contributed by atoms with Crippen molar-refractivity contribution in [3.8, 4) is 0 Å². The molecule has 0 saturated carbocycles. The van der Waals surface area contributed by atoms with E-state index < -0.39 is 0 Å². The predicted molar refractivity (Wildman–Crippen MR) is 69.0 cm³/mol. The summed E-state index contributed by atoms with van der Waals surface area (Å²) in [6.07, 6.45) is 2.72. The average Bonchev–Trinajstić information content (AvgIpc) is 2.72. The quantitative estimate of drug-likeness (QED) is 0.851. The Kier molecular flexibility index (Phi) is 3.26. The van der Waals surface area contributed by atoms with Crippen molar-refractivity contribution in [2.75, 3.05) is 5.32 Å². The topological polar surface area (TPSA) is 66.5 Å². The van der Waals surface area contributed by atoms with Gasteiger partial charge in [-0.05, 0) is 19.3 Å². The number of hydrogen-bond donors (Lipinski definition) is 2. The second kappa shape index (κ2) is 4.69. The second-order valence-electron chi connectivity index (χ2n) is 4.62. The van der Waals surface area contributed by atoms with E-state index in [9.17, 15) is 0 Å². The normalized spacial score (nSPS) is 13.2. The molecule has 0 unspecified atom stereocenters. The molecule has 0 aliphatic carbocycles. The Morgan fingerprint density at radius 3 is 2.76 bits per heavy atom. The molecule has 0 aromatic carbocycles. The highest BCUT2D eigenvalue weighted by Crippen LogP contribution is 2.20. The first-order valence-electron chi connectivity index (χ1n) is 6.06. The van der Waals surface area contributed by atoms with Crippen LogP contribution in [0, 0.1) is 12.8 Å². The van der Waals surface area contributed by atoms with Gasteiger partial charge in [0.2, 0.25) is 0 Å². The van der Waals surface area contributed by atoms with E-state index in [0.29, 0.717) is 12.0 Å². The SMILES string of the molecule is CC[C@H](Nc1nc(C)nc2nc[nH]c12)C(C)C. The zero-order valence-electron chi connectivity index (χ0n) is 10.8. The molecule has 2 rings (SSSR count). The maximum Gasteiger partial charge on any atom is 0.183 e. The smallest absolute Gasteiger partial charge is 0.183 e. The third-order valence-electron chi connectivity index (χ3n) is 2.96. The Morgan fingerprint density at radius 1 is 1.35 bits per heavy atom. The van der Waals surface area contributed by atoms with E-state index in [4.69, 9.17) is 0 Å². The van der Waals surface area contributed by atoms with E-state index in [1.807, 2.05) is 6.92 Å². The fourth-order valence-corrected chi connectivity index (χ4v) is 1.96. The van der Waals surface area contributed by atoms with Crippen LogP contribution in [0.3, 0.4) is 0 Å². The molecular weight excluding hydrogens is 214 g/mol. The van der Waals surface area contributed by atoms with Crippen LogP contribution >= 0.6 is 0 Å². The van der Waals surface area contributed by atoms with Gasteiger partial charge in [0, 0.05) is 6.04 Å². The Morgan fingerprint density at radius 2 is 2.12 bits per heavy atom. The van der Waals surface area contributed by atoms with Crippen LogP contribution in [-0.4, -0.2) is 26.0 Å². The summed E-state index contributed by atoms with van der Waals surface area (Å²) in [6, 6.07) is 0.413. The fraction of sp³-hybridized carbons (Fsp3) is 0.583. The highest BCUT2D eigenvalue weighted by Gasteiger charge is 2.14. The van der Waals surface area contributed by atoms with E-state index in [0.717, 1.165) is 29.2 Å². The van der Waals surface area contributed by atoms with Gasteiger partial charge in [0.05, 0.1) is 6.33 Å². The molecule has 0 spiro atoms. The number of imidazole rings is 1. The van der Waals surface area contributed by atoms with Gasteiger partial charge >= 0.3 is 0 Å². The molecule has 5 nitrogen and oxygen atoms in total. The van der Waals surface area contributed by atoms with Crippen molar-refractivity contribution in [1.29, 1.82) is 0 Å². The van der Waals surface area contributed by atoms with Gasteiger partial charge in [-0.2, -0.15) is 0 Å². The lowest BCUT2D eigenvalue weighted by Crippen LogP contribution is -2.25. The zero-order chi connectivity index (χ0) is 12.4. The minimum atomic E-state index is 0.413. The van der Waals surface area contributed by atoms with Crippen LogP contribution in [0.1, 0.15) is 33.0 Å². The maximum absolute atomic E-state index is 4.45. The number of aromatic amines is 1. The summed E-state index contributed by atoms with van der Waals surface area (Å²) in [7, 11) is 0. The van der Waals surface area contributed by atoms with Crippen LogP contribution in [0.5, 0.6) is 0 Å². The molecule has 17 heavy (non-hydrogen) atoms. The first kappa shape index (κ1) is 11.8. The van der Waals surface area contributed by atoms with Crippen molar-refractivity contribution >= 4 is 17.0 Å². The number of fused-ring (bicyclic) bond motifs is 1. The van der Waals surface area contributed by atoms with Crippen molar-refractivity contribution in [3.63, 3.8) is 0 Å². The van der Waals surface area contributed by atoms with Gasteiger partial charge in [0.15, 0.2) is 11.5 Å². The number of aromatic nitrogens is 4. The summed E-state index contributed by atoms with van der Waals surface area (Å²) < 4.78 is 0. The molecule has 2 heterocycles. The highest BCUT2D eigenvalue weighted by molar-refractivity contribution is 5.82. The summed E-state index contributed by atoms with van der Waals surface area (Å²) in [5, 5.41) is 3.48. The van der Waals surface area contributed by atoms with Crippen LogP contribution < -0.4 is 5.32 Å². The van der Waals surface area contributed by atoms with Gasteiger partial charge in [-0.1, -0.05) is 20.8 Å². The molecule has 0 saturated heterocycles. The molecule has 5 heteroatoms. The molecule has 2 aromatic rings. The average molecular weight is 233 g/mol. The summed E-state index contributed by atoms with van der Waals surface area (Å²) in [5.74, 6) is 2.16. The van der Waals surface area contributed by atoms with E-state index in [1.54, 1.807) is 6.33 Å². The molecule has 0 aliphatic rings. The van der Waals surface area contributed by atoms with Crippen molar-refractivity contribution in [1.82, 2.24) is 19.9 Å². The molecule has 92 valence electrons. The van der Waals surface area contributed by atoms with E-state index in [-0.39, 0.29) is 0 Å². The van der Waals surface area contributed by atoms with Crippen molar-refractivity contribution in [3.05, 3.63) is 12.2 Å². The number of H-pyrrole nitrogens is 1. The van der Waals surface area contributed by atoms with Gasteiger partial charge in [0.1, 0.15) is 11.3 Å². The van der Waals surface area contributed by atoms with Crippen molar-refractivity contribution in [2.45, 2.75) is 40.2 Å². The van der Waals surface area contributed by atoms with Crippen LogP contribution in [0.4, 0.5) is 5.82 Å². The van der Waals surface area contributed by atoms with Crippen LogP contribution in [0.2, 0.25) is 0 Å². The number of hydrogen-bond acceptors (Lipinski definition) is 4. The number of aryl methyl sites for hydroxylation is 1. The number of nitrogens with one attached hydrogen (secondary N) is 2. The standard InChI is InChI=1S/C12H19N5/c1-5-9(7(2)3)17-12-10-11(14-6-13-10)15-8(4)16-12/h6-7,9H,5H2,1-4H3,(H2,13,14,15,16,17)/t9-/m0/s1. The molecular formula is C12H19N5. The van der Waals surface area contributed by atoms with Gasteiger partial charge < -0.3 is 10.3 Å². The third-order valence-corrected chi connectivity index (χ3v) is 2.96. The summed E-state index contributed by atoms with van der Waals surface area (Å²) in [4.78, 5) is 16.0. The summed E-state index contributed by atoms with van der Waals surface area (Å²) in [5.41, 5.74) is 1.60. The van der Waals surface area contributed by atoms with E-state index in [2.05, 4.69) is 46.0 Å². The van der Waals surface area contributed by atoms with E-state index >= 15 is 0 Å². The minimum absolute atomic E-state index is 0.413. The molecule has 0 fully saturated rings. The second-order valence-corrected chi connectivity index (χ2v) is 4.62. The molecule has 1 atom stereocenters. The van der Waals surface area contributed by atoms with Crippen LogP contribution in [0.25, 0.3) is 11.2 Å². The van der Waals surface area contributed by atoms with Crippen molar-refractivity contribution in [2.24, 2.45) is 5.92 Å². The van der Waals surface area contributed by atoms with Crippen LogP contribution in [0.15, 0.2) is 6.33 Å². The van der Waals surface area contributed by atoms with E-state index in [1.165, 1.54) is 0 Å². The number of rotatable bonds is 4. The fourth-order valence-electron chi connectivity index (χ4n) is 1.96. The van der Waals surface area contributed by atoms with Gasteiger partial charge in [-0.15, -0.1) is 0 Å². The molecule has 0 aliphatic heterocycles. The Bertz CT molecular complexity index is 503. The molecule has 0 radical (unpaired) electrons. The minimum Gasteiger partial charge on any atom is -0.365 e. The van der Waals surface area contributed by atoms with Crippen molar-refractivity contribution < 1.29 is 0 Å². The predicted octanol–water partition coefficient (Wildman–Crippen LogP) is 2.51. The monoisotopic (exact) mass is 233 g/mol. The maximum atomic E-state index is 4.45. The Hall–Kier alpha value is -1.65. The lowest BCUT2D eigenvalue weighted by atomic mass is 10.0. The number of nitrogens with zero attached hydrogens (tertiary/aromatic N) is 3. The highest BCUT2D eigenvalue weighted by atomic mass is 15.1. The lowest BCUT2D eigenvalue weighted by Gasteiger charge is -2.21. The van der Waals surface area contributed by atoms with Gasteiger partial charge in [-0.25, -0.2) is 15.0 Å². The van der Waals surface area contributed by atoms with Gasteiger partial charge in [0.25, 0.3) is 0 Å². The largest absolute Gasteiger partial charge is 0.365 e. The lowest BCUT2D eigenvalue weighted by molar-refractivity contribution is 0.510. The first-order chi connectivity index (χ1) is 8.11. The molecule has 0 bridgehead atoms. The Balaban J connectivity index is 2.37. The molecule has 2 N–H and O–H groups in total. The zero-order valence-corrected chi connectivity index (χ0v) is 10.8. The molecule has 0 amide bonds. The molecule has 2 aromatic heterocycles. The Labute approximate surface area is 101 Å². The number of anilines is 1. The van der Waals surface area contributed by atoms with Gasteiger partial charge in [-0.3, -0.25) is 0 Å². The first-order valence-corrected chi connectivity index (χ1v) is 6.06. The summed E-state index contributed by atoms with van der Waals surface area (Å²) in [6.45, 7) is 8.48.